The van der Waals surface area contributed by atoms with Crippen molar-refractivity contribution >= 4 is 21.7 Å². The number of Topliss-reactive ketones (excluding diaryl/α,β-unsaturated/α-hetero) is 1. The maximum absolute atomic E-state index is 12.6. The van der Waals surface area contributed by atoms with E-state index in [4.69, 9.17) is 0 Å². The maximum atomic E-state index is 12.6. The van der Waals surface area contributed by atoms with Gasteiger partial charge in [0, 0.05) is 0 Å². The standard InChI is InChI=1S/C5BrF9O/c6-2(7,1(16)3(8,9)10)4(11,12)5(13,14)15. The van der Waals surface area contributed by atoms with E-state index < -0.39 is 28.6 Å². The van der Waals surface area contributed by atoms with Crippen molar-refractivity contribution in [1.29, 1.82) is 0 Å². The van der Waals surface area contributed by atoms with Gasteiger partial charge in [-0.25, -0.2) is 4.39 Å². The van der Waals surface area contributed by atoms with Crippen LogP contribution in [0, 0.1) is 0 Å². The number of carbonyl (C=O) groups excluding carboxylic acids is 1. The van der Waals surface area contributed by atoms with Crippen LogP contribution in [0.4, 0.5) is 39.5 Å². The number of hydrogen-bond acceptors (Lipinski definition) is 1. The van der Waals surface area contributed by atoms with Gasteiger partial charge in [0.2, 0.25) is 0 Å². The van der Waals surface area contributed by atoms with Gasteiger partial charge in [0.15, 0.2) is 0 Å². The summed E-state index contributed by atoms with van der Waals surface area (Å²) in [5.74, 6) is -10.4. The monoisotopic (exact) mass is 326 g/mol. The van der Waals surface area contributed by atoms with E-state index >= 15 is 0 Å². The number of rotatable bonds is 2. The molecule has 0 rings (SSSR count). The van der Waals surface area contributed by atoms with E-state index in [1.54, 1.807) is 0 Å². The van der Waals surface area contributed by atoms with Gasteiger partial charge < -0.3 is 0 Å². The molecular formula is C5BrF9O. The third kappa shape index (κ3) is 2.43. The van der Waals surface area contributed by atoms with Crippen LogP contribution in [0.2, 0.25) is 0 Å². The molecule has 11 heteroatoms. The SMILES string of the molecule is O=C(C(F)(F)F)C(F)(Br)C(F)(F)C(F)(F)F. The van der Waals surface area contributed by atoms with Crippen LogP contribution in [-0.2, 0) is 4.79 Å². The molecule has 0 aliphatic heterocycles. The molecule has 0 aromatic carbocycles. The summed E-state index contributed by atoms with van der Waals surface area (Å²) in [6.07, 6.45) is -12.8. The highest BCUT2D eigenvalue weighted by Crippen LogP contribution is 2.51. The molecule has 1 nitrogen and oxygen atoms in total. The Labute approximate surface area is 89.7 Å². The summed E-state index contributed by atoms with van der Waals surface area (Å²) in [6.45, 7) is 0. The van der Waals surface area contributed by atoms with E-state index in [1.807, 2.05) is 0 Å². The Morgan fingerprint density at radius 2 is 1.12 bits per heavy atom. The molecule has 1 atom stereocenters. The molecule has 0 aliphatic rings. The highest BCUT2D eigenvalue weighted by Gasteiger charge is 2.77. The zero-order chi connectivity index (χ0) is 13.6. The fourth-order valence-corrected chi connectivity index (χ4v) is 0.948. The summed E-state index contributed by atoms with van der Waals surface area (Å²) in [6, 6.07) is 0. The van der Waals surface area contributed by atoms with Gasteiger partial charge in [0.05, 0.1) is 0 Å². The first kappa shape index (κ1) is 15.5. The van der Waals surface area contributed by atoms with Gasteiger partial charge in [-0.05, 0) is 15.9 Å². The van der Waals surface area contributed by atoms with Gasteiger partial charge in [-0.1, -0.05) is 0 Å². The molecule has 0 saturated heterocycles. The fraction of sp³-hybridized carbons (Fsp3) is 0.800. The van der Waals surface area contributed by atoms with Crippen molar-refractivity contribution in [3.05, 3.63) is 0 Å². The molecular weight excluding hydrogens is 327 g/mol. The molecule has 0 heterocycles. The van der Waals surface area contributed by atoms with E-state index in [0.29, 0.717) is 0 Å². The number of ketones is 1. The lowest BCUT2D eigenvalue weighted by atomic mass is 10.1. The first-order chi connectivity index (χ1) is 6.65. The van der Waals surface area contributed by atoms with Crippen molar-refractivity contribution in [2.75, 3.05) is 0 Å². The van der Waals surface area contributed by atoms with Crippen LogP contribution in [0.25, 0.3) is 0 Å². The van der Waals surface area contributed by atoms with Gasteiger partial charge >= 0.3 is 22.9 Å². The zero-order valence-corrected chi connectivity index (χ0v) is 8.27. The molecule has 0 aromatic heterocycles. The largest absolute Gasteiger partial charge is 0.458 e. The van der Waals surface area contributed by atoms with Gasteiger partial charge in [-0.3, -0.25) is 4.79 Å². The second-order valence-electron chi connectivity index (χ2n) is 2.47. The summed E-state index contributed by atoms with van der Waals surface area (Å²) < 4.78 is 101. The third-order valence-corrected chi connectivity index (χ3v) is 2.15. The average Bonchev–Trinajstić information content (AvgIpc) is 1.98. The maximum Gasteiger partial charge on any atom is 0.458 e. The molecule has 16 heavy (non-hydrogen) atoms. The minimum atomic E-state index is -6.65. The second-order valence-corrected chi connectivity index (χ2v) is 3.57. The zero-order valence-electron chi connectivity index (χ0n) is 6.69. The summed E-state index contributed by atoms with van der Waals surface area (Å²) >= 11 is 0.834. The van der Waals surface area contributed by atoms with E-state index in [9.17, 15) is 44.3 Å². The topological polar surface area (TPSA) is 17.1 Å². The van der Waals surface area contributed by atoms with E-state index in [-0.39, 0.29) is 0 Å². The minimum absolute atomic E-state index is 0.834. The van der Waals surface area contributed by atoms with Crippen molar-refractivity contribution in [3.8, 4) is 0 Å². The fourth-order valence-electron chi connectivity index (χ4n) is 0.499. The van der Waals surface area contributed by atoms with E-state index in [1.165, 1.54) is 0 Å². The van der Waals surface area contributed by atoms with Gasteiger partial charge in [-0.15, -0.1) is 0 Å². The normalized spacial score (nSPS) is 18.1. The van der Waals surface area contributed by atoms with Crippen molar-refractivity contribution in [2.24, 2.45) is 0 Å². The van der Waals surface area contributed by atoms with Crippen molar-refractivity contribution in [1.82, 2.24) is 0 Å². The third-order valence-electron chi connectivity index (χ3n) is 1.29. The summed E-state index contributed by atoms with van der Waals surface area (Å²) in [5, 5.41) is 0. The molecule has 0 aliphatic carbocycles. The van der Waals surface area contributed by atoms with E-state index in [0.717, 1.165) is 15.9 Å². The van der Waals surface area contributed by atoms with Crippen LogP contribution in [0.15, 0.2) is 0 Å². The summed E-state index contributed by atoms with van der Waals surface area (Å²) in [7, 11) is 0. The lowest BCUT2D eigenvalue weighted by molar-refractivity contribution is -0.307. The molecule has 0 aromatic rings. The van der Waals surface area contributed by atoms with Crippen LogP contribution in [-0.4, -0.2) is 28.6 Å². The van der Waals surface area contributed by atoms with Crippen LogP contribution < -0.4 is 0 Å². The highest BCUT2D eigenvalue weighted by atomic mass is 79.9. The Balaban J connectivity index is 5.46. The smallest absolute Gasteiger partial charge is 0.285 e. The Kier molecular flexibility index (Phi) is 3.66. The number of halogens is 10. The average molecular weight is 327 g/mol. The molecule has 0 amide bonds. The summed E-state index contributed by atoms with van der Waals surface area (Å²) in [5.41, 5.74) is 0. The van der Waals surface area contributed by atoms with Crippen molar-refractivity contribution in [3.63, 3.8) is 0 Å². The Bertz CT molecular complexity index is 287. The van der Waals surface area contributed by atoms with Crippen LogP contribution >= 0.6 is 15.9 Å². The molecule has 0 radical (unpaired) electrons. The second kappa shape index (κ2) is 3.77. The summed E-state index contributed by atoms with van der Waals surface area (Å²) in [4.78, 5) is 10.1. The Hall–Kier alpha value is -0.480. The number of hydrogen-bond donors (Lipinski definition) is 0. The molecule has 0 fully saturated rings. The molecule has 0 saturated carbocycles. The molecule has 0 N–H and O–H groups in total. The van der Waals surface area contributed by atoms with Crippen molar-refractivity contribution < 1.29 is 44.3 Å². The van der Waals surface area contributed by atoms with Gasteiger partial charge in [-0.2, -0.15) is 35.1 Å². The predicted molar refractivity (Wildman–Crippen MR) is 34.8 cm³/mol. The first-order valence-corrected chi connectivity index (χ1v) is 3.89. The lowest BCUT2D eigenvalue weighted by Gasteiger charge is -2.28. The predicted octanol–water partition coefficient (Wildman–Crippen LogP) is 3.38. The molecule has 1 unspecified atom stereocenters. The van der Waals surface area contributed by atoms with E-state index in [2.05, 4.69) is 0 Å². The van der Waals surface area contributed by atoms with Crippen LogP contribution in [0.3, 0.4) is 0 Å². The Morgan fingerprint density at radius 1 is 0.812 bits per heavy atom. The minimum Gasteiger partial charge on any atom is -0.285 e. The van der Waals surface area contributed by atoms with Gasteiger partial charge in [0.25, 0.3) is 5.78 Å². The number of carbonyl (C=O) groups is 1. The lowest BCUT2D eigenvalue weighted by Crippen LogP contribution is -2.58. The van der Waals surface area contributed by atoms with Crippen molar-refractivity contribution in [2.45, 2.75) is 22.9 Å². The van der Waals surface area contributed by atoms with Crippen LogP contribution in [0.5, 0.6) is 0 Å². The first-order valence-electron chi connectivity index (χ1n) is 3.09. The molecule has 0 spiro atoms. The van der Waals surface area contributed by atoms with Crippen LogP contribution in [0.1, 0.15) is 0 Å². The molecule has 0 bridgehead atoms. The number of alkyl halides is 10. The Morgan fingerprint density at radius 3 is 1.31 bits per heavy atom. The highest BCUT2D eigenvalue weighted by molar-refractivity contribution is 9.10. The molecule has 96 valence electrons. The van der Waals surface area contributed by atoms with Gasteiger partial charge in [0.1, 0.15) is 0 Å². The quantitative estimate of drug-likeness (QED) is 0.561.